The van der Waals surface area contributed by atoms with Crippen molar-refractivity contribution in [2.24, 2.45) is 0 Å². The van der Waals surface area contributed by atoms with Gasteiger partial charge in [0, 0.05) is 18.6 Å². The van der Waals surface area contributed by atoms with E-state index < -0.39 is 0 Å². The maximum atomic E-state index is 6.40. The number of ether oxygens (including phenoxy) is 4. The van der Waals surface area contributed by atoms with Crippen molar-refractivity contribution in [2.75, 3.05) is 20.8 Å². The molecule has 230 valence electrons. The Morgan fingerprint density at radius 2 is 1.20 bits per heavy atom. The molecule has 0 amide bonds. The molecule has 0 saturated carbocycles. The molecule has 2 atom stereocenters. The fraction of sp³-hybridized carbons (Fsp3) is 0.250. The van der Waals surface area contributed by atoms with Gasteiger partial charge in [-0.2, -0.15) is 0 Å². The minimum atomic E-state index is 0.115. The summed E-state index contributed by atoms with van der Waals surface area (Å²) in [6, 6.07) is 42.3. The van der Waals surface area contributed by atoms with Gasteiger partial charge in [-0.1, -0.05) is 97.1 Å². The van der Waals surface area contributed by atoms with Crippen LogP contribution in [0.1, 0.15) is 52.4 Å². The summed E-state index contributed by atoms with van der Waals surface area (Å²) in [6.45, 7) is 4.21. The molecule has 0 unspecified atom stereocenters. The monoisotopic (exact) mass is 599 g/mol. The second-order valence-corrected chi connectivity index (χ2v) is 11.5. The van der Waals surface area contributed by atoms with Gasteiger partial charge in [-0.25, -0.2) is 0 Å². The Morgan fingerprint density at radius 1 is 0.622 bits per heavy atom. The van der Waals surface area contributed by atoms with Crippen molar-refractivity contribution in [3.63, 3.8) is 0 Å². The van der Waals surface area contributed by atoms with Crippen LogP contribution in [0.25, 0.3) is 0 Å². The van der Waals surface area contributed by atoms with Crippen molar-refractivity contribution in [3.8, 4) is 23.0 Å². The molecule has 0 N–H and O–H groups in total. The fourth-order valence-electron chi connectivity index (χ4n) is 6.27. The Morgan fingerprint density at radius 3 is 1.80 bits per heavy atom. The second-order valence-electron chi connectivity index (χ2n) is 11.5. The first kappa shape index (κ1) is 30.3. The van der Waals surface area contributed by atoms with Gasteiger partial charge < -0.3 is 18.9 Å². The molecule has 0 spiro atoms. The molecule has 1 aliphatic rings. The smallest absolute Gasteiger partial charge is 0.162 e. The van der Waals surface area contributed by atoms with Crippen LogP contribution in [0.5, 0.6) is 23.0 Å². The zero-order valence-corrected chi connectivity index (χ0v) is 26.3. The van der Waals surface area contributed by atoms with E-state index >= 15 is 0 Å². The molecule has 6 rings (SSSR count). The Hall–Kier alpha value is -4.74. The van der Waals surface area contributed by atoms with Gasteiger partial charge in [-0.05, 0) is 77.4 Å². The largest absolute Gasteiger partial charge is 0.493 e. The molecule has 0 saturated heterocycles. The summed E-state index contributed by atoms with van der Waals surface area (Å²) in [4.78, 5) is 2.62. The van der Waals surface area contributed by atoms with Gasteiger partial charge in [0.2, 0.25) is 0 Å². The summed E-state index contributed by atoms with van der Waals surface area (Å²) in [6.07, 6.45) is 1.74. The van der Waals surface area contributed by atoms with Crippen LogP contribution in [0.15, 0.2) is 121 Å². The van der Waals surface area contributed by atoms with E-state index in [-0.39, 0.29) is 12.1 Å². The van der Waals surface area contributed by atoms with E-state index in [1.54, 1.807) is 14.2 Å². The summed E-state index contributed by atoms with van der Waals surface area (Å²) in [7, 11) is 3.41. The third kappa shape index (κ3) is 7.16. The number of benzene rings is 5. The number of hydrogen-bond acceptors (Lipinski definition) is 5. The zero-order valence-electron chi connectivity index (χ0n) is 26.3. The lowest BCUT2D eigenvalue weighted by atomic mass is 9.86. The van der Waals surface area contributed by atoms with Gasteiger partial charge >= 0.3 is 0 Å². The first-order valence-electron chi connectivity index (χ1n) is 15.6. The highest BCUT2D eigenvalue weighted by atomic mass is 16.5. The molecule has 0 aliphatic carbocycles. The number of nitrogens with zero attached hydrogens (tertiary/aromatic N) is 1. The summed E-state index contributed by atoms with van der Waals surface area (Å²) < 4.78 is 24.2. The lowest BCUT2D eigenvalue weighted by Gasteiger charge is -2.42. The lowest BCUT2D eigenvalue weighted by molar-refractivity contribution is 0.131. The van der Waals surface area contributed by atoms with Crippen molar-refractivity contribution in [1.29, 1.82) is 0 Å². The van der Waals surface area contributed by atoms with E-state index in [1.165, 1.54) is 22.3 Å². The zero-order chi connectivity index (χ0) is 31.0. The summed E-state index contributed by atoms with van der Waals surface area (Å²) in [5, 5.41) is 0. The molecule has 45 heavy (non-hydrogen) atoms. The van der Waals surface area contributed by atoms with Crippen LogP contribution in [0, 0.1) is 0 Å². The molecule has 1 heterocycles. The van der Waals surface area contributed by atoms with E-state index in [0.29, 0.717) is 13.2 Å². The highest BCUT2D eigenvalue weighted by Crippen LogP contribution is 2.43. The normalized spacial score (nSPS) is 15.1. The van der Waals surface area contributed by atoms with Crippen LogP contribution < -0.4 is 18.9 Å². The Labute approximate surface area is 267 Å². The number of fused-ring (bicyclic) bond motifs is 1. The molecule has 5 aromatic carbocycles. The van der Waals surface area contributed by atoms with Crippen molar-refractivity contribution in [1.82, 2.24) is 4.90 Å². The third-order valence-corrected chi connectivity index (χ3v) is 8.74. The highest BCUT2D eigenvalue weighted by Gasteiger charge is 2.33. The van der Waals surface area contributed by atoms with E-state index in [9.17, 15) is 0 Å². The topological polar surface area (TPSA) is 40.2 Å². The molecule has 1 aliphatic heterocycles. The van der Waals surface area contributed by atoms with Gasteiger partial charge in [-0.3, -0.25) is 4.90 Å². The van der Waals surface area contributed by atoms with Crippen LogP contribution in [0.2, 0.25) is 0 Å². The quantitative estimate of drug-likeness (QED) is 0.143. The molecular weight excluding hydrogens is 558 g/mol. The van der Waals surface area contributed by atoms with Gasteiger partial charge in [0.15, 0.2) is 23.0 Å². The average Bonchev–Trinajstić information content (AvgIpc) is 3.10. The van der Waals surface area contributed by atoms with Gasteiger partial charge in [0.1, 0.15) is 13.2 Å². The van der Waals surface area contributed by atoms with E-state index in [2.05, 4.69) is 90.7 Å². The molecule has 5 nitrogen and oxygen atoms in total. The Kier molecular flexibility index (Phi) is 9.67. The van der Waals surface area contributed by atoms with Crippen molar-refractivity contribution in [2.45, 2.75) is 45.1 Å². The molecule has 0 radical (unpaired) electrons. The minimum absolute atomic E-state index is 0.115. The van der Waals surface area contributed by atoms with E-state index in [4.69, 9.17) is 18.9 Å². The molecule has 5 heteroatoms. The van der Waals surface area contributed by atoms with E-state index in [0.717, 1.165) is 53.5 Å². The fourth-order valence-corrected chi connectivity index (χ4v) is 6.27. The van der Waals surface area contributed by atoms with Crippen molar-refractivity contribution < 1.29 is 18.9 Å². The lowest BCUT2D eigenvalue weighted by Crippen LogP contribution is -2.38. The number of methoxy groups -OCH3 is 2. The third-order valence-electron chi connectivity index (χ3n) is 8.74. The second kappa shape index (κ2) is 14.4. The van der Waals surface area contributed by atoms with Crippen molar-refractivity contribution >= 4 is 0 Å². The highest BCUT2D eigenvalue weighted by molar-refractivity contribution is 5.51. The number of hydrogen-bond donors (Lipinski definition) is 0. The van der Waals surface area contributed by atoms with Crippen LogP contribution >= 0.6 is 0 Å². The van der Waals surface area contributed by atoms with Gasteiger partial charge in [-0.15, -0.1) is 0 Å². The first-order chi connectivity index (χ1) is 22.1. The average molecular weight is 600 g/mol. The molecule has 0 fully saturated rings. The Balaban J connectivity index is 1.35. The summed E-state index contributed by atoms with van der Waals surface area (Å²) >= 11 is 0. The SMILES string of the molecule is COc1ccc(C[C@H]2c3cc(OCc4ccccc4)c(OC)cc3CCN2[C@@H](C)c2ccccc2)cc1OCc1ccccc1. The minimum Gasteiger partial charge on any atom is -0.493 e. The standard InChI is InChI=1S/C40H41NO4/c1-29(33-17-11-6-12-18-33)41-22-21-34-25-38(43-3)40(45-28-31-15-9-5-10-16-31)26-35(34)36(41)23-32-19-20-37(42-2)39(24-32)44-27-30-13-7-4-8-14-30/h4-20,24-26,29,36H,21-23,27-28H2,1-3H3/t29-,36-/m0/s1. The van der Waals surface area contributed by atoms with Crippen LogP contribution in [-0.2, 0) is 26.1 Å². The predicted octanol–water partition coefficient (Wildman–Crippen LogP) is 8.76. The van der Waals surface area contributed by atoms with Crippen molar-refractivity contribution in [3.05, 3.63) is 155 Å². The maximum absolute atomic E-state index is 6.40. The van der Waals surface area contributed by atoms with Crippen LogP contribution in [0.3, 0.4) is 0 Å². The van der Waals surface area contributed by atoms with Crippen LogP contribution in [-0.4, -0.2) is 25.7 Å². The summed E-state index contributed by atoms with van der Waals surface area (Å²) in [5.41, 5.74) is 7.30. The number of rotatable bonds is 12. The maximum Gasteiger partial charge on any atom is 0.162 e. The van der Waals surface area contributed by atoms with E-state index in [1.807, 2.05) is 42.5 Å². The predicted molar refractivity (Wildman–Crippen MR) is 179 cm³/mol. The molecule has 5 aromatic rings. The molecular formula is C40H41NO4. The molecule has 0 bridgehead atoms. The molecule has 0 aromatic heterocycles. The summed E-state index contributed by atoms with van der Waals surface area (Å²) in [5.74, 6) is 3.02. The van der Waals surface area contributed by atoms with Gasteiger partial charge in [0.05, 0.1) is 14.2 Å². The van der Waals surface area contributed by atoms with Crippen LogP contribution in [0.4, 0.5) is 0 Å². The first-order valence-corrected chi connectivity index (χ1v) is 15.6. The van der Waals surface area contributed by atoms with Gasteiger partial charge in [0.25, 0.3) is 0 Å². The Bertz CT molecular complexity index is 1670.